The molecule has 0 spiro atoms. The molecule has 4 rings (SSSR count). The summed E-state index contributed by atoms with van der Waals surface area (Å²) in [6, 6.07) is 11.3. The minimum Gasteiger partial charge on any atom is -0.494 e. The molecular weight excluding hydrogens is 397 g/mol. The Hall–Kier alpha value is -2.31. The Kier molecular flexibility index (Phi) is 5.65. The predicted octanol–water partition coefficient (Wildman–Crippen LogP) is 3.78. The molecule has 0 radical (unpaired) electrons. The average molecular weight is 420 g/mol. The van der Waals surface area contributed by atoms with Gasteiger partial charge < -0.3 is 19.5 Å². The second-order valence-electron chi connectivity index (χ2n) is 7.73. The van der Waals surface area contributed by atoms with E-state index in [0.717, 1.165) is 0 Å². The Morgan fingerprint density at radius 1 is 1.17 bits per heavy atom. The molecule has 2 aromatic rings. The summed E-state index contributed by atoms with van der Waals surface area (Å²) in [7, 11) is 1.37. The Balaban J connectivity index is 1.43. The Morgan fingerprint density at radius 3 is 2.66 bits per heavy atom. The van der Waals surface area contributed by atoms with E-state index in [1.54, 1.807) is 17.0 Å². The van der Waals surface area contributed by atoms with Gasteiger partial charge >= 0.3 is 0 Å². The molecule has 1 saturated heterocycles. The maximum Gasteiger partial charge on any atom is 0.254 e. The number of benzene rings is 2. The number of fused-ring (bicyclic) bond motifs is 1. The third-order valence-electron chi connectivity index (χ3n) is 5.85. The van der Waals surface area contributed by atoms with Gasteiger partial charge in [-0.05, 0) is 61.1 Å². The first-order valence-corrected chi connectivity index (χ1v) is 10.1. The van der Waals surface area contributed by atoms with Crippen molar-refractivity contribution < 1.29 is 23.8 Å². The summed E-state index contributed by atoms with van der Waals surface area (Å²) in [6.45, 7) is 1.16. The van der Waals surface area contributed by atoms with E-state index in [0.29, 0.717) is 42.3 Å². The van der Waals surface area contributed by atoms with E-state index in [4.69, 9.17) is 21.1 Å². The van der Waals surface area contributed by atoms with E-state index in [9.17, 15) is 14.3 Å². The predicted molar refractivity (Wildman–Crippen MR) is 107 cm³/mol. The van der Waals surface area contributed by atoms with E-state index in [1.165, 1.54) is 25.3 Å². The lowest BCUT2D eigenvalue weighted by Gasteiger charge is -2.35. The molecule has 0 unspecified atom stereocenters. The van der Waals surface area contributed by atoms with Crippen molar-refractivity contribution in [3.8, 4) is 11.5 Å². The lowest BCUT2D eigenvalue weighted by atomic mass is 9.78. The second-order valence-corrected chi connectivity index (χ2v) is 8.17. The zero-order valence-corrected chi connectivity index (χ0v) is 16.8. The quantitative estimate of drug-likeness (QED) is 0.819. The topological polar surface area (TPSA) is 59.0 Å². The van der Waals surface area contributed by atoms with Gasteiger partial charge in [-0.15, -0.1) is 0 Å². The molecule has 1 heterocycles. The van der Waals surface area contributed by atoms with Crippen molar-refractivity contribution in [3.63, 3.8) is 0 Å². The van der Waals surface area contributed by atoms with Crippen molar-refractivity contribution in [3.05, 3.63) is 58.9 Å². The van der Waals surface area contributed by atoms with Gasteiger partial charge in [-0.2, -0.15) is 0 Å². The first kappa shape index (κ1) is 20.0. The molecule has 1 aliphatic carbocycles. The number of ether oxygens (including phenoxy) is 2. The Bertz CT molecular complexity index is 908. The van der Waals surface area contributed by atoms with Gasteiger partial charge in [0.2, 0.25) is 0 Å². The van der Waals surface area contributed by atoms with Gasteiger partial charge in [-0.3, -0.25) is 4.79 Å². The van der Waals surface area contributed by atoms with Crippen molar-refractivity contribution in [2.45, 2.75) is 25.0 Å². The zero-order valence-electron chi connectivity index (χ0n) is 16.1. The second kappa shape index (κ2) is 8.20. The summed E-state index contributed by atoms with van der Waals surface area (Å²) >= 11 is 6.01. The van der Waals surface area contributed by atoms with Crippen LogP contribution >= 0.6 is 11.6 Å². The van der Waals surface area contributed by atoms with E-state index < -0.39 is 11.9 Å². The minimum atomic E-state index is -0.601. The third-order valence-corrected chi connectivity index (χ3v) is 6.09. The van der Waals surface area contributed by atoms with Crippen LogP contribution in [0, 0.1) is 17.7 Å². The number of hydrogen-bond donors (Lipinski definition) is 1. The standard InChI is InChI=1S/C22H23ClFNO4/c1-28-20-8-13(5-6-18(20)24)22(27)25-11-14-7-19(26)21(9-15(14)12-25)29-17-4-2-3-16(23)10-17/h2-6,8,10,14-15,19,21,26H,7,9,11-12H2,1H3/t14-,15+,19+,21+/m0/s1. The molecular formula is C22H23ClFNO4. The number of aliphatic hydroxyl groups is 1. The van der Waals surface area contributed by atoms with Gasteiger partial charge in [0.1, 0.15) is 11.9 Å². The Labute approximate surface area is 174 Å². The van der Waals surface area contributed by atoms with E-state index in [1.807, 2.05) is 12.1 Å². The van der Waals surface area contributed by atoms with Crippen LogP contribution in [0.1, 0.15) is 23.2 Å². The lowest BCUT2D eigenvalue weighted by Crippen LogP contribution is -2.42. The highest BCUT2D eigenvalue weighted by Gasteiger charge is 2.44. The first-order chi connectivity index (χ1) is 13.9. The molecule has 154 valence electrons. The fourth-order valence-corrected chi connectivity index (χ4v) is 4.55. The molecule has 0 bridgehead atoms. The lowest BCUT2D eigenvalue weighted by molar-refractivity contribution is -0.0231. The number of nitrogens with zero attached hydrogens (tertiary/aromatic N) is 1. The van der Waals surface area contributed by atoms with E-state index in [-0.39, 0.29) is 29.6 Å². The first-order valence-electron chi connectivity index (χ1n) is 9.67. The van der Waals surface area contributed by atoms with Gasteiger partial charge in [-0.1, -0.05) is 17.7 Å². The molecule has 2 aromatic carbocycles. The van der Waals surface area contributed by atoms with Crippen LogP contribution in [0.3, 0.4) is 0 Å². The Morgan fingerprint density at radius 2 is 1.93 bits per heavy atom. The number of halogens is 2. The molecule has 4 atom stereocenters. The fraction of sp³-hybridized carbons (Fsp3) is 0.409. The molecule has 1 amide bonds. The number of methoxy groups -OCH3 is 1. The monoisotopic (exact) mass is 419 g/mol. The normalized spacial score (nSPS) is 26.1. The van der Waals surface area contributed by atoms with Crippen LogP contribution < -0.4 is 9.47 Å². The van der Waals surface area contributed by atoms with Gasteiger partial charge in [0.15, 0.2) is 11.6 Å². The van der Waals surface area contributed by atoms with Crippen LogP contribution in [0.15, 0.2) is 42.5 Å². The smallest absolute Gasteiger partial charge is 0.254 e. The SMILES string of the molecule is COc1cc(C(=O)N2C[C@H]3C[C@@H](Oc4cccc(Cl)c4)[C@H](O)C[C@H]3C2)ccc1F. The highest BCUT2D eigenvalue weighted by Crippen LogP contribution is 2.38. The minimum absolute atomic E-state index is 0.0536. The summed E-state index contributed by atoms with van der Waals surface area (Å²) in [5.41, 5.74) is 0.397. The van der Waals surface area contributed by atoms with Crippen LogP contribution in [0.5, 0.6) is 11.5 Å². The van der Waals surface area contributed by atoms with Crippen molar-refractivity contribution in [2.24, 2.45) is 11.8 Å². The fourth-order valence-electron chi connectivity index (χ4n) is 4.37. The van der Waals surface area contributed by atoms with E-state index in [2.05, 4.69) is 0 Å². The number of aliphatic hydroxyl groups excluding tert-OH is 1. The number of amides is 1. The summed E-state index contributed by atoms with van der Waals surface area (Å²) < 4.78 is 24.6. The van der Waals surface area contributed by atoms with Crippen LogP contribution in [0.4, 0.5) is 4.39 Å². The number of carbonyl (C=O) groups is 1. The molecule has 1 saturated carbocycles. The zero-order chi connectivity index (χ0) is 20.5. The van der Waals surface area contributed by atoms with Crippen molar-refractivity contribution in [2.75, 3.05) is 20.2 Å². The highest BCUT2D eigenvalue weighted by molar-refractivity contribution is 6.30. The number of carbonyl (C=O) groups excluding carboxylic acids is 1. The van der Waals surface area contributed by atoms with Crippen LogP contribution in [0.2, 0.25) is 5.02 Å². The highest BCUT2D eigenvalue weighted by atomic mass is 35.5. The maximum absolute atomic E-state index is 13.6. The third kappa shape index (κ3) is 4.19. The van der Waals surface area contributed by atoms with Gasteiger partial charge in [-0.25, -0.2) is 4.39 Å². The molecule has 1 aliphatic heterocycles. The van der Waals surface area contributed by atoms with Crippen LogP contribution in [0.25, 0.3) is 0 Å². The average Bonchev–Trinajstić information content (AvgIpc) is 3.11. The molecule has 0 aromatic heterocycles. The summed E-state index contributed by atoms with van der Waals surface area (Å²) in [5, 5.41) is 11.1. The van der Waals surface area contributed by atoms with Crippen molar-refractivity contribution in [1.29, 1.82) is 0 Å². The van der Waals surface area contributed by atoms with Crippen LogP contribution in [-0.4, -0.2) is 48.3 Å². The molecule has 2 aliphatic rings. The van der Waals surface area contributed by atoms with Crippen molar-refractivity contribution >= 4 is 17.5 Å². The van der Waals surface area contributed by atoms with Crippen LogP contribution in [-0.2, 0) is 0 Å². The summed E-state index contributed by atoms with van der Waals surface area (Å²) in [4.78, 5) is 14.7. The number of rotatable bonds is 4. The molecule has 7 heteroatoms. The maximum atomic E-state index is 13.6. The number of hydrogen-bond acceptors (Lipinski definition) is 4. The number of likely N-dealkylation sites (tertiary alicyclic amines) is 1. The van der Waals surface area contributed by atoms with Gasteiger partial charge in [0.25, 0.3) is 5.91 Å². The molecule has 29 heavy (non-hydrogen) atoms. The molecule has 1 N–H and O–H groups in total. The largest absolute Gasteiger partial charge is 0.494 e. The van der Waals surface area contributed by atoms with Crippen molar-refractivity contribution in [1.82, 2.24) is 4.90 Å². The molecule has 2 fully saturated rings. The van der Waals surface area contributed by atoms with E-state index >= 15 is 0 Å². The van der Waals surface area contributed by atoms with Gasteiger partial charge in [0, 0.05) is 23.7 Å². The summed E-state index contributed by atoms with van der Waals surface area (Å²) in [6.07, 6.45) is 0.299. The molecule has 5 nitrogen and oxygen atoms in total. The summed E-state index contributed by atoms with van der Waals surface area (Å²) in [5.74, 6) is 0.495. The van der Waals surface area contributed by atoms with Gasteiger partial charge in [0.05, 0.1) is 13.2 Å².